The first kappa shape index (κ1) is 22.2. The number of halogens is 1. The lowest BCUT2D eigenvalue weighted by Gasteiger charge is -2.32. The molecular formula is C24H29ClN2O3. The van der Waals surface area contributed by atoms with E-state index in [1.165, 1.54) is 5.56 Å². The van der Waals surface area contributed by atoms with Crippen molar-refractivity contribution in [2.75, 3.05) is 19.7 Å². The zero-order valence-corrected chi connectivity index (χ0v) is 18.4. The van der Waals surface area contributed by atoms with E-state index in [4.69, 9.17) is 16.3 Å². The van der Waals surface area contributed by atoms with Crippen molar-refractivity contribution < 1.29 is 14.3 Å². The summed E-state index contributed by atoms with van der Waals surface area (Å²) in [5, 5.41) is 3.79. The molecule has 0 atom stereocenters. The molecule has 1 fully saturated rings. The summed E-state index contributed by atoms with van der Waals surface area (Å²) in [4.78, 5) is 26.5. The molecule has 0 radical (unpaired) electrons. The lowest BCUT2D eigenvalue weighted by atomic mass is 10.0. The number of benzene rings is 2. The third-order valence-corrected chi connectivity index (χ3v) is 5.70. The zero-order chi connectivity index (χ0) is 21.5. The Hall–Kier alpha value is -2.53. The first-order valence-electron chi connectivity index (χ1n) is 10.4. The molecule has 1 aliphatic heterocycles. The van der Waals surface area contributed by atoms with Crippen LogP contribution in [0.25, 0.3) is 0 Å². The van der Waals surface area contributed by atoms with E-state index in [0.29, 0.717) is 31.0 Å². The summed E-state index contributed by atoms with van der Waals surface area (Å²) in [6.45, 7) is 5.33. The maximum atomic E-state index is 12.5. The van der Waals surface area contributed by atoms with Gasteiger partial charge in [-0.25, -0.2) is 0 Å². The second-order valence-electron chi connectivity index (χ2n) is 7.91. The lowest BCUT2D eigenvalue weighted by Crippen LogP contribution is -2.47. The Labute approximate surface area is 183 Å². The van der Waals surface area contributed by atoms with Gasteiger partial charge in [0.05, 0.1) is 0 Å². The van der Waals surface area contributed by atoms with Crippen molar-refractivity contribution in [2.24, 2.45) is 0 Å². The number of carbonyl (C=O) groups is 2. The predicted octanol–water partition coefficient (Wildman–Crippen LogP) is 4.08. The molecule has 2 aromatic carbocycles. The normalized spacial score (nSPS) is 14.4. The highest BCUT2D eigenvalue weighted by molar-refractivity contribution is 6.30. The topological polar surface area (TPSA) is 58.6 Å². The monoisotopic (exact) mass is 428 g/mol. The summed E-state index contributed by atoms with van der Waals surface area (Å²) >= 11 is 5.89. The molecule has 3 rings (SSSR count). The molecular weight excluding hydrogens is 400 g/mol. The Balaban J connectivity index is 1.36. The first-order chi connectivity index (χ1) is 14.4. The average Bonchev–Trinajstić information content (AvgIpc) is 2.73. The van der Waals surface area contributed by atoms with Crippen molar-refractivity contribution in [1.82, 2.24) is 10.2 Å². The molecule has 0 spiro atoms. The van der Waals surface area contributed by atoms with Gasteiger partial charge in [0.2, 0.25) is 5.91 Å². The highest BCUT2D eigenvalue weighted by Gasteiger charge is 2.24. The molecule has 1 saturated heterocycles. The Morgan fingerprint density at radius 3 is 2.47 bits per heavy atom. The van der Waals surface area contributed by atoms with Gasteiger partial charge in [-0.05, 0) is 62.4 Å². The number of piperidine rings is 1. The van der Waals surface area contributed by atoms with Crippen LogP contribution in [0.15, 0.2) is 42.5 Å². The standard InChI is InChI=1S/C24H29ClN2O3/c1-17-3-9-22(18(2)15-17)30-16-24(29)27-13-11-21(12-14-27)26-23(28)10-6-19-4-7-20(25)8-5-19/h3-5,7-9,15,21H,6,10-14,16H2,1-2H3,(H,26,28). The van der Waals surface area contributed by atoms with Crippen molar-refractivity contribution >= 4 is 23.4 Å². The predicted molar refractivity (Wildman–Crippen MR) is 119 cm³/mol. The van der Waals surface area contributed by atoms with Crippen molar-refractivity contribution in [3.05, 3.63) is 64.2 Å². The van der Waals surface area contributed by atoms with Gasteiger partial charge in [-0.3, -0.25) is 9.59 Å². The van der Waals surface area contributed by atoms with Crippen molar-refractivity contribution in [2.45, 2.75) is 45.6 Å². The minimum absolute atomic E-state index is 0.0116. The van der Waals surface area contributed by atoms with Gasteiger partial charge < -0.3 is 15.0 Å². The van der Waals surface area contributed by atoms with Crippen LogP contribution in [0.1, 0.15) is 36.0 Å². The number of hydrogen-bond donors (Lipinski definition) is 1. The van der Waals surface area contributed by atoms with Crippen LogP contribution in [0.2, 0.25) is 5.02 Å². The smallest absolute Gasteiger partial charge is 0.260 e. The first-order valence-corrected chi connectivity index (χ1v) is 10.8. The lowest BCUT2D eigenvalue weighted by molar-refractivity contribution is -0.134. The van der Waals surface area contributed by atoms with Crippen LogP contribution in [0.5, 0.6) is 5.75 Å². The van der Waals surface area contributed by atoms with E-state index >= 15 is 0 Å². The van der Waals surface area contributed by atoms with E-state index in [1.807, 2.05) is 61.2 Å². The van der Waals surface area contributed by atoms with Gasteiger partial charge in [-0.1, -0.05) is 41.4 Å². The molecule has 0 aliphatic carbocycles. The van der Waals surface area contributed by atoms with Crippen LogP contribution in [0.4, 0.5) is 0 Å². The van der Waals surface area contributed by atoms with E-state index in [0.717, 1.165) is 29.7 Å². The largest absolute Gasteiger partial charge is 0.484 e. The summed E-state index contributed by atoms with van der Waals surface area (Å²) < 4.78 is 5.71. The summed E-state index contributed by atoms with van der Waals surface area (Å²) in [6, 6.07) is 13.6. The molecule has 0 saturated carbocycles. The average molecular weight is 429 g/mol. The van der Waals surface area contributed by atoms with Crippen LogP contribution < -0.4 is 10.1 Å². The third kappa shape index (κ3) is 6.49. The third-order valence-electron chi connectivity index (χ3n) is 5.45. The van der Waals surface area contributed by atoms with E-state index in [9.17, 15) is 9.59 Å². The van der Waals surface area contributed by atoms with Gasteiger partial charge in [0.25, 0.3) is 5.91 Å². The molecule has 6 heteroatoms. The molecule has 2 amide bonds. The fourth-order valence-electron chi connectivity index (χ4n) is 3.67. The van der Waals surface area contributed by atoms with Gasteiger partial charge in [-0.2, -0.15) is 0 Å². The Morgan fingerprint density at radius 1 is 1.10 bits per heavy atom. The number of likely N-dealkylation sites (tertiary alicyclic amines) is 1. The maximum absolute atomic E-state index is 12.5. The van der Waals surface area contributed by atoms with Crippen LogP contribution in [0, 0.1) is 13.8 Å². The summed E-state index contributed by atoms with van der Waals surface area (Å²) in [7, 11) is 0. The van der Waals surface area contributed by atoms with E-state index in [2.05, 4.69) is 5.32 Å². The molecule has 30 heavy (non-hydrogen) atoms. The minimum Gasteiger partial charge on any atom is -0.484 e. The fourth-order valence-corrected chi connectivity index (χ4v) is 3.80. The Bertz CT molecular complexity index is 875. The number of rotatable bonds is 7. The number of aryl methyl sites for hydroxylation is 3. The molecule has 160 valence electrons. The SMILES string of the molecule is Cc1ccc(OCC(=O)N2CCC(NC(=O)CCc3ccc(Cl)cc3)CC2)c(C)c1. The van der Waals surface area contributed by atoms with Crippen molar-refractivity contribution in [3.63, 3.8) is 0 Å². The molecule has 0 unspecified atom stereocenters. The highest BCUT2D eigenvalue weighted by atomic mass is 35.5. The molecule has 2 aromatic rings. The van der Waals surface area contributed by atoms with Gasteiger partial charge in [0.15, 0.2) is 6.61 Å². The number of nitrogens with zero attached hydrogens (tertiary/aromatic N) is 1. The summed E-state index contributed by atoms with van der Waals surface area (Å²) in [5.74, 6) is 0.784. The highest BCUT2D eigenvalue weighted by Crippen LogP contribution is 2.19. The molecule has 1 aliphatic rings. The van der Waals surface area contributed by atoms with Crippen LogP contribution in [-0.2, 0) is 16.0 Å². The zero-order valence-electron chi connectivity index (χ0n) is 17.6. The van der Waals surface area contributed by atoms with Crippen molar-refractivity contribution in [1.29, 1.82) is 0 Å². The molecule has 0 aromatic heterocycles. The number of amides is 2. The van der Waals surface area contributed by atoms with Crippen LogP contribution in [-0.4, -0.2) is 42.5 Å². The van der Waals surface area contributed by atoms with Gasteiger partial charge in [0, 0.05) is 30.6 Å². The summed E-state index contributed by atoms with van der Waals surface area (Å²) in [5.41, 5.74) is 3.30. The number of ether oxygens (including phenoxy) is 1. The maximum Gasteiger partial charge on any atom is 0.260 e. The molecule has 1 heterocycles. The van der Waals surface area contributed by atoms with E-state index in [1.54, 1.807) is 0 Å². The number of hydrogen-bond acceptors (Lipinski definition) is 3. The van der Waals surface area contributed by atoms with Crippen LogP contribution in [0.3, 0.4) is 0 Å². The quantitative estimate of drug-likeness (QED) is 0.723. The molecule has 0 bridgehead atoms. The van der Waals surface area contributed by atoms with Crippen LogP contribution >= 0.6 is 11.6 Å². The second-order valence-corrected chi connectivity index (χ2v) is 8.34. The second kappa shape index (κ2) is 10.5. The summed E-state index contributed by atoms with van der Waals surface area (Å²) in [6.07, 6.45) is 2.67. The number of carbonyl (C=O) groups excluding carboxylic acids is 2. The molecule has 1 N–H and O–H groups in total. The fraction of sp³-hybridized carbons (Fsp3) is 0.417. The number of nitrogens with one attached hydrogen (secondary N) is 1. The van der Waals surface area contributed by atoms with Gasteiger partial charge in [-0.15, -0.1) is 0 Å². The van der Waals surface area contributed by atoms with E-state index < -0.39 is 0 Å². The molecule has 5 nitrogen and oxygen atoms in total. The Kier molecular flexibility index (Phi) is 7.75. The minimum atomic E-state index is -0.0116. The Morgan fingerprint density at radius 2 is 1.80 bits per heavy atom. The van der Waals surface area contributed by atoms with E-state index in [-0.39, 0.29) is 24.5 Å². The van der Waals surface area contributed by atoms with Gasteiger partial charge in [0.1, 0.15) is 5.75 Å². The van der Waals surface area contributed by atoms with Crippen molar-refractivity contribution in [3.8, 4) is 5.75 Å². The van der Waals surface area contributed by atoms with Gasteiger partial charge >= 0.3 is 0 Å².